The third kappa shape index (κ3) is 2.87. The molecule has 0 aromatic heterocycles. The first-order chi connectivity index (χ1) is 6.73. The van der Waals surface area contributed by atoms with Crippen molar-refractivity contribution in [3.05, 3.63) is 28.8 Å². The standard InChI is InChI=1S/C14H24Ge/c1-10(2)14-9-13(15(5,6)7)8-11(3)12(14)4/h8-10H,1-7H3. The van der Waals surface area contributed by atoms with E-state index < -0.39 is 13.3 Å². The van der Waals surface area contributed by atoms with Crippen molar-refractivity contribution >= 4 is 17.7 Å². The molecule has 0 atom stereocenters. The summed E-state index contributed by atoms with van der Waals surface area (Å²) in [6, 6.07) is 4.88. The van der Waals surface area contributed by atoms with Gasteiger partial charge in [-0.25, -0.2) is 0 Å². The molecule has 0 heterocycles. The van der Waals surface area contributed by atoms with Crippen LogP contribution in [-0.4, -0.2) is 13.3 Å². The Morgan fingerprint density at radius 1 is 1.00 bits per heavy atom. The average Bonchev–Trinajstić information content (AvgIpc) is 2.06. The molecule has 1 rings (SSSR count). The zero-order valence-electron chi connectivity index (χ0n) is 11.2. The molecule has 1 heteroatoms. The molecule has 0 bridgehead atoms. The molecule has 0 aliphatic rings. The number of hydrogen-bond acceptors (Lipinski definition) is 0. The third-order valence-electron chi connectivity index (χ3n) is 3.20. The molecule has 1 aromatic carbocycles. The van der Waals surface area contributed by atoms with Crippen LogP contribution in [0.25, 0.3) is 0 Å². The van der Waals surface area contributed by atoms with Gasteiger partial charge < -0.3 is 0 Å². The molecule has 84 valence electrons. The third-order valence-corrected chi connectivity index (χ3v) is 7.44. The molecule has 0 aliphatic carbocycles. The maximum atomic E-state index is 2.47. The summed E-state index contributed by atoms with van der Waals surface area (Å²) in [5.41, 5.74) is 4.50. The normalized spacial score (nSPS) is 12.3. The van der Waals surface area contributed by atoms with E-state index in [2.05, 4.69) is 57.1 Å². The molecular formula is C14H24Ge. The van der Waals surface area contributed by atoms with Crippen LogP contribution in [0.1, 0.15) is 36.5 Å². The van der Waals surface area contributed by atoms with Gasteiger partial charge in [-0.1, -0.05) is 0 Å². The molecule has 0 radical (unpaired) electrons. The molecular weight excluding hydrogens is 241 g/mol. The molecule has 0 fully saturated rings. The predicted molar refractivity (Wildman–Crippen MR) is 73.0 cm³/mol. The summed E-state index contributed by atoms with van der Waals surface area (Å²) in [4.78, 5) is 0. The van der Waals surface area contributed by atoms with Crippen LogP contribution in [0.15, 0.2) is 12.1 Å². The Hall–Kier alpha value is -0.237. The van der Waals surface area contributed by atoms with E-state index >= 15 is 0 Å². The van der Waals surface area contributed by atoms with Crippen molar-refractivity contribution in [2.24, 2.45) is 0 Å². The van der Waals surface area contributed by atoms with E-state index in [-0.39, 0.29) is 0 Å². The van der Waals surface area contributed by atoms with Crippen LogP contribution in [0.3, 0.4) is 0 Å². The molecule has 0 saturated carbocycles. The Morgan fingerprint density at radius 2 is 1.53 bits per heavy atom. The Morgan fingerprint density at radius 3 is 1.93 bits per heavy atom. The van der Waals surface area contributed by atoms with Gasteiger partial charge >= 0.3 is 97.4 Å². The van der Waals surface area contributed by atoms with E-state index in [9.17, 15) is 0 Å². The SMILES string of the molecule is Cc1c[c]([Ge]([CH3])([CH3])[CH3])cc(C(C)C)c1C. The van der Waals surface area contributed by atoms with Crippen LogP contribution in [0.4, 0.5) is 0 Å². The van der Waals surface area contributed by atoms with Crippen LogP contribution < -0.4 is 4.40 Å². The Kier molecular flexibility index (Phi) is 3.70. The van der Waals surface area contributed by atoms with Crippen LogP contribution >= 0.6 is 0 Å². The fraction of sp³-hybridized carbons (Fsp3) is 0.571. The number of hydrogen-bond donors (Lipinski definition) is 0. The van der Waals surface area contributed by atoms with Crippen LogP contribution in [0.2, 0.25) is 17.3 Å². The van der Waals surface area contributed by atoms with Crippen molar-refractivity contribution in [2.45, 2.75) is 50.9 Å². The summed E-state index contributed by atoms with van der Waals surface area (Å²) in [5.74, 6) is 8.05. The Bertz CT molecular complexity index is 356. The Balaban J connectivity index is 3.36. The second-order valence-corrected chi connectivity index (χ2v) is 16.6. The summed E-state index contributed by atoms with van der Waals surface area (Å²) >= 11 is -1.66. The van der Waals surface area contributed by atoms with Gasteiger partial charge in [-0.05, 0) is 0 Å². The first kappa shape index (κ1) is 12.8. The van der Waals surface area contributed by atoms with E-state index in [4.69, 9.17) is 0 Å². The van der Waals surface area contributed by atoms with Crippen molar-refractivity contribution in [3.8, 4) is 0 Å². The van der Waals surface area contributed by atoms with Crippen molar-refractivity contribution in [1.82, 2.24) is 0 Å². The van der Waals surface area contributed by atoms with Gasteiger partial charge in [0.15, 0.2) is 0 Å². The number of benzene rings is 1. The van der Waals surface area contributed by atoms with Crippen molar-refractivity contribution in [2.75, 3.05) is 0 Å². The summed E-state index contributed by atoms with van der Waals surface area (Å²) in [5, 5.41) is 0. The van der Waals surface area contributed by atoms with Crippen molar-refractivity contribution in [1.29, 1.82) is 0 Å². The fourth-order valence-electron chi connectivity index (χ4n) is 1.92. The van der Waals surface area contributed by atoms with Gasteiger partial charge in [0.1, 0.15) is 0 Å². The summed E-state index contributed by atoms with van der Waals surface area (Å²) in [6.07, 6.45) is 0. The zero-order valence-corrected chi connectivity index (χ0v) is 13.3. The summed E-state index contributed by atoms with van der Waals surface area (Å²) in [7, 11) is 0. The fourth-order valence-corrected chi connectivity index (χ4v) is 4.52. The molecule has 0 N–H and O–H groups in total. The van der Waals surface area contributed by atoms with Crippen LogP contribution in [0.5, 0.6) is 0 Å². The van der Waals surface area contributed by atoms with Gasteiger partial charge in [0.05, 0.1) is 0 Å². The van der Waals surface area contributed by atoms with Gasteiger partial charge in [0.2, 0.25) is 0 Å². The van der Waals surface area contributed by atoms with Crippen molar-refractivity contribution < 1.29 is 0 Å². The minimum atomic E-state index is -1.66. The second kappa shape index (κ2) is 4.33. The van der Waals surface area contributed by atoms with E-state index in [0.29, 0.717) is 5.92 Å². The van der Waals surface area contributed by atoms with Gasteiger partial charge in [-0.2, -0.15) is 0 Å². The van der Waals surface area contributed by atoms with Crippen LogP contribution in [-0.2, 0) is 0 Å². The molecule has 0 nitrogen and oxygen atoms in total. The molecule has 0 amide bonds. The van der Waals surface area contributed by atoms with Crippen molar-refractivity contribution in [3.63, 3.8) is 0 Å². The monoisotopic (exact) mass is 266 g/mol. The quantitative estimate of drug-likeness (QED) is 0.709. The molecule has 0 spiro atoms. The van der Waals surface area contributed by atoms with Gasteiger partial charge in [-0.3, -0.25) is 0 Å². The van der Waals surface area contributed by atoms with E-state index in [0.717, 1.165) is 0 Å². The zero-order chi connectivity index (χ0) is 11.8. The minimum absolute atomic E-state index is 0.647. The molecule has 15 heavy (non-hydrogen) atoms. The molecule has 0 aliphatic heterocycles. The first-order valence-electron chi connectivity index (χ1n) is 5.85. The van der Waals surface area contributed by atoms with E-state index in [1.165, 1.54) is 11.1 Å². The number of aryl methyl sites for hydroxylation is 1. The summed E-state index contributed by atoms with van der Waals surface area (Å²) in [6.45, 7) is 9.09. The van der Waals surface area contributed by atoms with Gasteiger partial charge in [-0.15, -0.1) is 0 Å². The maximum absolute atomic E-state index is 2.47. The van der Waals surface area contributed by atoms with Crippen LogP contribution in [0, 0.1) is 13.8 Å². The van der Waals surface area contributed by atoms with Gasteiger partial charge in [0, 0.05) is 0 Å². The van der Waals surface area contributed by atoms with E-state index in [1.54, 1.807) is 9.96 Å². The molecule has 0 saturated heterocycles. The molecule has 1 aromatic rings. The van der Waals surface area contributed by atoms with E-state index in [1.807, 2.05) is 0 Å². The summed E-state index contributed by atoms with van der Waals surface area (Å²) < 4.78 is 1.64. The predicted octanol–water partition coefficient (Wildman–Crippen LogP) is 3.97. The number of rotatable bonds is 2. The van der Waals surface area contributed by atoms with Gasteiger partial charge in [0.25, 0.3) is 0 Å². The molecule has 0 unspecified atom stereocenters. The first-order valence-corrected chi connectivity index (χ1v) is 13.2. The second-order valence-electron chi connectivity index (χ2n) is 5.91. The average molecular weight is 265 g/mol. The Labute approximate surface area is 97.5 Å². The topological polar surface area (TPSA) is 0 Å².